The molecule has 0 aliphatic rings. The van der Waals surface area contributed by atoms with Gasteiger partial charge in [0, 0.05) is 42.6 Å². The standard InChI is InChI=1S/C23H26F2N4O2/c1-14(30)28-20(11-15-12-26-19-10-5-4-7-16(15)19)23(31)27-13-21(29(2)3)22-17(24)8-6-9-18(22)25/h4-10,12,20-21,26H,11,13H2,1-3H3,(H,27,31)(H,28,30). The lowest BCUT2D eigenvalue weighted by molar-refractivity contribution is -0.128. The summed E-state index contributed by atoms with van der Waals surface area (Å²) in [6, 6.07) is 9.81. The van der Waals surface area contributed by atoms with Gasteiger partial charge in [-0.1, -0.05) is 24.3 Å². The Kier molecular flexibility index (Phi) is 7.02. The van der Waals surface area contributed by atoms with Crippen LogP contribution in [-0.4, -0.2) is 48.4 Å². The van der Waals surface area contributed by atoms with Crippen molar-refractivity contribution in [2.45, 2.75) is 25.4 Å². The Morgan fingerprint density at radius 2 is 1.74 bits per heavy atom. The van der Waals surface area contributed by atoms with E-state index in [4.69, 9.17) is 0 Å². The average molecular weight is 428 g/mol. The number of amides is 2. The zero-order valence-corrected chi connectivity index (χ0v) is 17.7. The fourth-order valence-electron chi connectivity index (χ4n) is 3.67. The zero-order valence-electron chi connectivity index (χ0n) is 17.7. The van der Waals surface area contributed by atoms with Crippen molar-refractivity contribution in [3.63, 3.8) is 0 Å². The summed E-state index contributed by atoms with van der Waals surface area (Å²) in [4.78, 5) is 29.4. The van der Waals surface area contributed by atoms with Gasteiger partial charge in [-0.25, -0.2) is 8.78 Å². The first-order valence-corrected chi connectivity index (χ1v) is 9.98. The summed E-state index contributed by atoms with van der Waals surface area (Å²) < 4.78 is 28.6. The Balaban J connectivity index is 1.77. The van der Waals surface area contributed by atoms with Gasteiger partial charge in [0.2, 0.25) is 11.8 Å². The van der Waals surface area contributed by atoms with Crippen LogP contribution < -0.4 is 10.6 Å². The van der Waals surface area contributed by atoms with E-state index in [-0.39, 0.29) is 24.4 Å². The number of likely N-dealkylation sites (N-methyl/N-ethyl adjacent to an activating group) is 1. The number of H-pyrrole nitrogens is 1. The van der Waals surface area contributed by atoms with Crippen molar-refractivity contribution in [2.24, 2.45) is 0 Å². The lowest BCUT2D eigenvalue weighted by Crippen LogP contribution is -2.49. The molecule has 8 heteroatoms. The minimum absolute atomic E-state index is 0.0202. The van der Waals surface area contributed by atoms with Gasteiger partial charge in [-0.3, -0.25) is 9.59 Å². The first kappa shape index (κ1) is 22.4. The average Bonchev–Trinajstić information content (AvgIpc) is 3.12. The van der Waals surface area contributed by atoms with Crippen LogP contribution >= 0.6 is 0 Å². The topological polar surface area (TPSA) is 77.2 Å². The number of carbonyl (C=O) groups is 2. The third-order valence-corrected chi connectivity index (χ3v) is 5.22. The number of hydrogen-bond donors (Lipinski definition) is 3. The number of nitrogens with one attached hydrogen (secondary N) is 3. The smallest absolute Gasteiger partial charge is 0.242 e. The van der Waals surface area contributed by atoms with Crippen LogP contribution in [0.4, 0.5) is 8.78 Å². The first-order chi connectivity index (χ1) is 14.8. The van der Waals surface area contributed by atoms with Gasteiger partial charge in [0.05, 0.1) is 6.04 Å². The Labute approximate surface area is 179 Å². The first-order valence-electron chi connectivity index (χ1n) is 9.98. The van der Waals surface area contributed by atoms with Crippen molar-refractivity contribution >= 4 is 22.7 Å². The molecule has 1 heterocycles. The number of carbonyl (C=O) groups excluding carboxylic acids is 2. The Hall–Kier alpha value is -3.26. The highest BCUT2D eigenvalue weighted by Gasteiger charge is 2.26. The van der Waals surface area contributed by atoms with Gasteiger partial charge in [0.25, 0.3) is 0 Å². The van der Waals surface area contributed by atoms with E-state index in [2.05, 4.69) is 15.6 Å². The van der Waals surface area contributed by atoms with Crippen molar-refractivity contribution in [3.8, 4) is 0 Å². The molecule has 0 aliphatic carbocycles. The second-order valence-electron chi connectivity index (χ2n) is 7.68. The van der Waals surface area contributed by atoms with E-state index in [1.807, 2.05) is 30.5 Å². The lowest BCUT2D eigenvalue weighted by Gasteiger charge is -2.27. The van der Waals surface area contributed by atoms with E-state index in [0.29, 0.717) is 0 Å². The maximum atomic E-state index is 14.3. The summed E-state index contributed by atoms with van der Waals surface area (Å²) in [5, 5.41) is 6.38. The number of rotatable bonds is 8. The van der Waals surface area contributed by atoms with Crippen molar-refractivity contribution in [1.29, 1.82) is 0 Å². The van der Waals surface area contributed by atoms with Gasteiger partial charge >= 0.3 is 0 Å². The molecule has 2 unspecified atom stereocenters. The molecule has 0 spiro atoms. The van der Waals surface area contributed by atoms with E-state index >= 15 is 0 Å². The molecule has 0 fully saturated rings. The summed E-state index contributed by atoms with van der Waals surface area (Å²) in [5.74, 6) is -2.12. The molecule has 31 heavy (non-hydrogen) atoms. The molecule has 164 valence electrons. The molecule has 2 amide bonds. The van der Waals surface area contributed by atoms with Gasteiger partial charge in [0.1, 0.15) is 17.7 Å². The highest BCUT2D eigenvalue weighted by Crippen LogP contribution is 2.24. The molecule has 0 aliphatic heterocycles. The maximum Gasteiger partial charge on any atom is 0.242 e. The quantitative estimate of drug-likeness (QED) is 0.516. The third kappa shape index (κ3) is 5.27. The van der Waals surface area contributed by atoms with Crippen LogP contribution in [0.3, 0.4) is 0 Å². The molecular formula is C23H26F2N4O2. The molecule has 3 N–H and O–H groups in total. The highest BCUT2D eigenvalue weighted by atomic mass is 19.1. The minimum atomic E-state index is -0.829. The molecule has 6 nitrogen and oxygen atoms in total. The summed E-state index contributed by atoms with van der Waals surface area (Å²) in [6.45, 7) is 1.32. The number of hydrogen-bond acceptors (Lipinski definition) is 3. The van der Waals surface area contributed by atoms with Gasteiger partial charge in [-0.05, 0) is 37.9 Å². The molecule has 2 atom stereocenters. The minimum Gasteiger partial charge on any atom is -0.361 e. The monoisotopic (exact) mass is 428 g/mol. The van der Waals surface area contributed by atoms with Gasteiger partial charge in [0.15, 0.2) is 0 Å². The Morgan fingerprint density at radius 1 is 1.06 bits per heavy atom. The highest BCUT2D eigenvalue weighted by molar-refractivity contribution is 5.89. The van der Waals surface area contributed by atoms with Gasteiger partial charge in [-0.15, -0.1) is 0 Å². The summed E-state index contributed by atoms with van der Waals surface area (Å²) in [6.07, 6.45) is 2.08. The zero-order chi connectivity index (χ0) is 22.5. The summed E-state index contributed by atoms with van der Waals surface area (Å²) >= 11 is 0. The molecule has 3 aromatic rings. The van der Waals surface area contributed by atoms with Crippen molar-refractivity contribution in [3.05, 3.63) is 71.4 Å². The molecule has 3 rings (SSSR count). The Morgan fingerprint density at radius 3 is 2.39 bits per heavy atom. The number of aromatic amines is 1. The molecule has 0 radical (unpaired) electrons. The second-order valence-corrected chi connectivity index (χ2v) is 7.68. The fraction of sp³-hybridized carbons (Fsp3) is 0.304. The molecular weight excluding hydrogens is 402 g/mol. The van der Waals surface area contributed by atoms with E-state index in [1.165, 1.54) is 25.1 Å². The third-order valence-electron chi connectivity index (χ3n) is 5.22. The van der Waals surface area contributed by atoms with Crippen molar-refractivity contribution < 1.29 is 18.4 Å². The number of aromatic nitrogens is 1. The van der Waals surface area contributed by atoms with E-state index in [9.17, 15) is 18.4 Å². The molecule has 0 saturated carbocycles. The summed E-state index contributed by atoms with van der Waals surface area (Å²) in [5.41, 5.74) is 1.71. The van der Waals surface area contributed by atoms with Crippen LogP contribution in [0.25, 0.3) is 10.9 Å². The van der Waals surface area contributed by atoms with Crippen LogP contribution in [0.1, 0.15) is 24.1 Å². The van der Waals surface area contributed by atoms with E-state index < -0.39 is 29.6 Å². The normalized spacial score (nSPS) is 13.2. The Bertz CT molecular complexity index is 1060. The fourth-order valence-corrected chi connectivity index (χ4v) is 3.67. The second kappa shape index (κ2) is 9.70. The summed E-state index contributed by atoms with van der Waals surface area (Å²) in [7, 11) is 3.36. The van der Waals surface area contributed by atoms with Crippen LogP contribution in [0.15, 0.2) is 48.7 Å². The van der Waals surface area contributed by atoms with E-state index in [0.717, 1.165) is 16.5 Å². The van der Waals surface area contributed by atoms with Crippen LogP contribution in [-0.2, 0) is 16.0 Å². The maximum absolute atomic E-state index is 14.3. The van der Waals surface area contributed by atoms with Gasteiger partial charge < -0.3 is 20.5 Å². The number of halogens is 2. The number of benzene rings is 2. The van der Waals surface area contributed by atoms with Crippen LogP contribution in [0.5, 0.6) is 0 Å². The largest absolute Gasteiger partial charge is 0.361 e. The molecule has 0 bridgehead atoms. The lowest BCUT2D eigenvalue weighted by atomic mass is 10.0. The predicted molar refractivity (Wildman–Crippen MR) is 115 cm³/mol. The molecule has 1 aromatic heterocycles. The molecule has 2 aromatic carbocycles. The molecule has 0 saturated heterocycles. The predicted octanol–water partition coefficient (Wildman–Crippen LogP) is 2.91. The number of para-hydroxylation sites is 1. The SMILES string of the molecule is CC(=O)NC(Cc1c[nH]c2ccccc12)C(=O)NCC(c1c(F)cccc1F)N(C)C. The number of nitrogens with zero attached hydrogens (tertiary/aromatic N) is 1. The van der Waals surface area contributed by atoms with Crippen molar-refractivity contribution in [2.75, 3.05) is 20.6 Å². The van der Waals surface area contributed by atoms with Gasteiger partial charge in [-0.2, -0.15) is 0 Å². The van der Waals surface area contributed by atoms with Crippen LogP contribution in [0, 0.1) is 11.6 Å². The van der Waals surface area contributed by atoms with Crippen molar-refractivity contribution in [1.82, 2.24) is 20.5 Å². The van der Waals surface area contributed by atoms with E-state index in [1.54, 1.807) is 19.0 Å². The van der Waals surface area contributed by atoms with Crippen LogP contribution in [0.2, 0.25) is 0 Å². The number of fused-ring (bicyclic) bond motifs is 1.